The lowest BCUT2D eigenvalue weighted by Crippen LogP contribution is -2.15. The lowest BCUT2D eigenvalue weighted by Gasteiger charge is -2.09. The fraction of sp³-hybridized carbons (Fsp3) is 0.0270. The van der Waals surface area contributed by atoms with Crippen LogP contribution in [0.1, 0.15) is 16.7 Å². The molecule has 7 aromatic rings. The number of aliphatic imine (C=N–C) groups is 1. The molecule has 6 aromatic carbocycles. The number of hydrogen-bond acceptors (Lipinski definition) is 2. The second-order valence-electron chi connectivity index (χ2n) is 9.85. The van der Waals surface area contributed by atoms with Crippen molar-refractivity contribution in [2.24, 2.45) is 10.7 Å². The zero-order chi connectivity index (χ0) is 28.2. The van der Waals surface area contributed by atoms with Gasteiger partial charge in [0.2, 0.25) is 0 Å². The van der Waals surface area contributed by atoms with Crippen molar-refractivity contribution in [2.75, 3.05) is 0 Å². The highest BCUT2D eigenvalue weighted by atomic mass is 16.3. The SMILES string of the molecule is Cc1c(-c2ccc3c(c2)oc2ccccc23)ccc2ccccc12.N=C(N=C(N)c1ccccc1)c1ccccc1. The average Bonchev–Trinajstić information content (AvgIpc) is 3.40. The van der Waals surface area contributed by atoms with Crippen molar-refractivity contribution in [3.05, 3.63) is 156 Å². The van der Waals surface area contributed by atoms with Gasteiger partial charge in [0.05, 0.1) is 0 Å². The van der Waals surface area contributed by atoms with E-state index in [0.717, 1.165) is 22.3 Å². The van der Waals surface area contributed by atoms with Gasteiger partial charge < -0.3 is 10.2 Å². The van der Waals surface area contributed by atoms with Crippen LogP contribution in [-0.2, 0) is 0 Å². The number of benzene rings is 6. The quantitative estimate of drug-likeness (QED) is 0.176. The van der Waals surface area contributed by atoms with Gasteiger partial charge in [-0.05, 0) is 52.6 Å². The number of rotatable bonds is 3. The number of para-hydroxylation sites is 1. The number of fused-ring (bicyclic) bond motifs is 4. The van der Waals surface area contributed by atoms with Gasteiger partial charge in [-0.2, -0.15) is 0 Å². The molecule has 1 aromatic heterocycles. The summed E-state index contributed by atoms with van der Waals surface area (Å²) < 4.78 is 6.04. The highest BCUT2D eigenvalue weighted by Crippen LogP contribution is 2.34. The van der Waals surface area contributed by atoms with E-state index in [-0.39, 0.29) is 5.84 Å². The molecule has 3 N–H and O–H groups in total. The molecule has 0 aliphatic carbocycles. The molecular formula is C37H29N3O. The van der Waals surface area contributed by atoms with E-state index in [2.05, 4.69) is 78.6 Å². The molecule has 0 atom stereocenters. The minimum atomic E-state index is 0.173. The Morgan fingerprint density at radius 3 is 1.98 bits per heavy atom. The van der Waals surface area contributed by atoms with Crippen LogP contribution in [0.3, 0.4) is 0 Å². The number of nitrogens with zero attached hydrogens (tertiary/aromatic N) is 1. The van der Waals surface area contributed by atoms with Crippen molar-refractivity contribution in [3.63, 3.8) is 0 Å². The molecule has 0 aliphatic heterocycles. The van der Waals surface area contributed by atoms with E-state index < -0.39 is 0 Å². The van der Waals surface area contributed by atoms with Gasteiger partial charge in [0, 0.05) is 21.9 Å². The summed E-state index contributed by atoms with van der Waals surface area (Å²) >= 11 is 0. The molecule has 1 heterocycles. The zero-order valence-electron chi connectivity index (χ0n) is 22.7. The number of furan rings is 1. The molecule has 0 radical (unpaired) electrons. The molecular weight excluding hydrogens is 502 g/mol. The molecule has 0 unspecified atom stereocenters. The van der Waals surface area contributed by atoms with Crippen LogP contribution in [0.15, 0.2) is 149 Å². The molecule has 0 spiro atoms. The first kappa shape index (κ1) is 25.8. The van der Waals surface area contributed by atoms with Crippen LogP contribution < -0.4 is 5.73 Å². The Bertz CT molecular complexity index is 2020. The van der Waals surface area contributed by atoms with E-state index in [4.69, 9.17) is 15.6 Å². The van der Waals surface area contributed by atoms with Crippen molar-refractivity contribution in [2.45, 2.75) is 6.92 Å². The van der Waals surface area contributed by atoms with E-state index in [1.54, 1.807) is 0 Å². The maximum absolute atomic E-state index is 7.84. The largest absolute Gasteiger partial charge is 0.456 e. The first-order valence-electron chi connectivity index (χ1n) is 13.5. The number of nitrogens with one attached hydrogen (secondary N) is 1. The molecule has 0 amide bonds. The van der Waals surface area contributed by atoms with Gasteiger partial charge in [-0.15, -0.1) is 0 Å². The standard InChI is InChI=1S/C23H16O.C14H13N3/c1-15-18-7-3-2-6-16(18)10-12-19(15)17-11-13-21-20-8-4-5-9-22(20)24-23(21)14-17;15-13(11-7-3-1-4-8-11)17-14(16)12-9-5-2-6-10-12/h2-14H,1H3;1-10H,(H3,15,16,17). The fourth-order valence-electron chi connectivity index (χ4n) is 5.09. The highest BCUT2D eigenvalue weighted by molar-refractivity contribution is 6.09. The monoisotopic (exact) mass is 531 g/mol. The van der Waals surface area contributed by atoms with Gasteiger partial charge in [-0.3, -0.25) is 5.41 Å². The van der Waals surface area contributed by atoms with Crippen LogP contribution in [0, 0.1) is 12.3 Å². The number of hydrogen-bond donors (Lipinski definition) is 2. The van der Waals surface area contributed by atoms with Gasteiger partial charge in [-0.25, -0.2) is 4.99 Å². The third-order valence-electron chi connectivity index (χ3n) is 7.24. The molecule has 0 aliphatic rings. The Kier molecular flexibility index (Phi) is 7.12. The van der Waals surface area contributed by atoms with E-state index in [1.807, 2.05) is 72.8 Å². The topological polar surface area (TPSA) is 75.4 Å². The first-order valence-corrected chi connectivity index (χ1v) is 13.5. The van der Waals surface area contributed by atoms with Crippen molar-refractivity contribution in [1.82, 2.24) is 0 Å². The van der Waals surface area contributed by atoms with Crippen molar-refractivity contribution < 1.29 is 4.42 Å². The van der Waals surface area contributed by atoms with Crippen molar-refractivity contribution >= 4 is 44.4 Å². The van der Waals surface area contributed by atoms with Crippen LogP contribution in [0.4, 0.5) is 0 Å². The Morgan fingerprint density at radius 1 is 0.610 bits per heavy atom. The van der Waals surface area contributed by atoms with Gasteiger partial charge >= 0.3 is 0 Å². The predicted octanol–water partition coefficient (Wildman–Crippen LogP) is 9.13. The number of nitrogens with two attached hydrogens (primary N) is 1. The molecule has 4 nitrogen and oxygen atoms in total. The summed E-state index contributed by atoms with van der Waals surface area (Å²) in [6.45, 7) is 2.19. The summed E-state index contributed by atoms with van der Waals surface area (Å²) in [6, 6.07) is 46.4. The molecule has 0 bridgehead atoms. The molecule has 0 saturated heterocycles. The molecule has 4 heteroatoms. The number of aryl methyl sites for hydroxylation is 1. The maximum Gasteiger partial charge on any atom is 0.154 e. The zero-order valence-corrected chi connectivity index (χ0v) is 22.7. The van der Waals surface area contributed by atoms with Crippen LogP contribution in [-0.4, -0.2) is 11.7 Å². The maximum atomic E-state index is 7.84. The second kappa shape index (κ2) is 11.3. The second-order valence-corrected chi connectivity index (χ2v) is 9.85. The van der Waals surface area contributed by atoms with Crippen molar-refractivity contribution in [3.8, 4) is 11.1 Å². The van der Waals surface area contributed by atoms with E-state index in [0.29, 0.717) is 5.84 Å². The number of amidine groups is 2. The van der Waals surface area contributed by atoms with E-state index in [1.165, 1.54) is 38.2 Å². The Morgan fingerprint density at radius 2 is 1.22 bits per heavy atom. The normalized spacial score (nSPS) is 11.4. The van der Waals surface area contributed by atoms with E-state index >= 15 is 0 Å². The summed E-state index contributed by atoms with van der Waals surface area (Å²) in [4.78, 5) is 4.10. The summed E-state index contributed by atoms with van der Waals surface area (Å²) in [5.41, 5.74) is 13.1. The van der Waals surface area contributed by atoms with Crippen LogP contribution in [0.5, 0.6) is 0 Å². The predicted molar refractivity (Wildman–Crippen MR) is 172 cm³/mol. The molecule has 0 fully saturated rings. The third kappa shape index (κ3) is 5.36. The highest BCUT2D eigenvalue weighted by Gasteiger charge is 2.10. The Balaban J connectivity index is 0.000000158. The van der Waals surface area contributed by atoms with E-state index in [9.17, 15) is 0 Å². The molecule has 7 rings (SSSR count). The minimum absolute atomic E-state index is 0.173. The molecule has 198 valence electrons. The first-order chi connectivity index (χ1) is 20.1. The van der Waals surface area contributed by atoms with Crippen LogP contribution in [0.2, 0.25) is 0 Å². The Hall–Kier alpha value is -5.48. The lowest BCUT2D eigenvalue weighted by molar-refractivity contribution is 0.669. The molecule has 41 heavy (non-hydrogen) atoms. The summed E-state index contributed by atoms with van der Waals surface area (Å²) in [5.74, 6) is 0.534. The Labute approximate surface area is 238 Å². The third-order valence-corrected chi connectivity index (χ3v) is 7.24. The van der Waals surface area contributed by atoms with Gasteiger partial charge in [0.1, 0.15) is 17.0 Å². The van der Waals surface area contributed by atoms with Crippen LogP contribution in [0.25, 0.3) is 43.8 Å². The van der Waals surface area contributed by atoms with Gasteiger partial charge in [0.15, 0.2) is 5.84 Å². The lowest BCUT2D eigenvalue weighted by atomic mass is 9.94. The van der Waals surface area contributed by atoms with Crippen molar-refractivity contribution in [1.29, 1.82) is 5.41 Å². The van der Waals surface area contributed by atoms with Crippen LogP contribution >= 0.6 is 0 Å². The summed E-state index contributed by atoms with van der Waals surface area (Å²) in [7, 11) is 0. The smallest absolute Gasteiger partial charge is 0.154 e. The molecule has 0 saturated carbocycles. The fourth-order valence-corrected chi connectivity index (χ4v) is 5.09. The summed E-state index contributed by atoms with van der Waals surface area (Å²) in [5, 5.41) is 12.8. The summed E-state index contributed by atoms with van der Waals surface area (Å²) in [6.07, 6.45) is 0. The van der Waals surface area contributed by atoms with Gasteiger partial charge in [-0.1, -0.05) is 121 Å². The average molecular weight is 532 g/mol. The minimum Gasteiger partial charge on any atom is -0.456 e. The van der Waals surface area contributed by atoms with Gasteiger partial charge in [0.25, 0.3) is 0 Å².